The first-order valence-corrected chi connectivity index (χ1v) is 9.42. The van der Waals surface area contributed by atoms with Gasteiger partial charge >= 0.3 is 0 Å². The summed E-state index contributed by atoms with van der Waals surface area (Å²) in [5, 5.41) is 4.46. The van der Waals surface area contributed by atoms with Gasteiger partial charge in [-0.05, 0) is 58.7 Å². The number of ether oxygens (including phenoxy) is 2. The summed E-state index contributed by atoms with van der Waals surface area (Å²) in [7, 11) is 3.29. The van der Waals surface area contributed by atoms with Crippen molar-refractivity contribution in [1.29, 1.82) is 0 Å². The van der Waals surface area contributed by atoms with Gasteiger partial charge in [0.1, 0.15) is 10.8 Å². The SMILES string of the molecule is COc1ccc(CCNCc2ncc(-c3ccc(Br)o3)s2)cc1OC. The first-order chi connectivity index (χ1) is 12.2. The van der Waals surface area contributed by atoms with E-state index in [-0.39, 0.29) is 0 Å². The molecule has 7 heteroatoms. The monoisotopic (exact) mass is 422 g/mol. The molecule has 3 rings (SSSR count). The molecule has 0 unspecified atom stereocenters. The number of rotatable bonds is 8. The van der Waals surface area contributed by atoms with Gasteiger partial charge in [-0.15, -0.1) is 11.3 Å². The van der Waals surface area contributed by atoms with E-state index in [2.05, 4.69) is 32.3 Å². The zero-order valence-electron chi connectivity index (χ0n) is 14.0. The van der Waals surface area contributed by atoms with E-state index in [0.29, 0.717) is 0 Å². The van der Waals surface area contributed by atoms with E-state index in [9.17, 15) is 0 Å². The van der Waals surface area contributed by atoms with Crippen molar-refractivity contribution in [2.45, 2.75) is 13.0 Å². The van der Waals surface area contributed by atoms with Crippen molar-refractivity contribution in [3.05, 3.63) is 51.8 Å². The van der Waals surface area contributed by atoms with E-state index < -0.39 is 0 Å². The van der Waals surface area contributed by atoms with Crippen LogP contribution in [0.2, 0.25) is 0 Å². The minimum Gasteiger partial charge on any atom is -0.493 e. The minimum absolute atomic E-state index is 0.727. The Morgan fingerprint density at radius 2 is 2.00 bits per heavy atom. The number of aromatic nitrogens is 1. The zero-order valence-corrected chi connectivity index (χ0v) is 16.4. The van der Waals surface area contributed by atoms with Crippen LogP contribution in [0.5, 0.6) is 11.5 Å². The highest BCUT2D eigenvalue weighted by molar-refractivity contribution is 9.10. The highest BCUT2D eigenvalue weighted by Gasteiger charge is 2.08. The van der Waals surface area contributed by atoms with Crippen LogP contribution in [-0.4, -0.2) is 25.7 Å². The van der Waals surface area contributed by atoms with Crippen LogP contribution in [0, 0.1) is 0 Å². The summed E-state index contributed by atoms with van der Waals surface area (Å²) in [6.45, 7) is 1.59. The number of methoxy groups -OCH3 is 2. The Bertz CT molecular complexity index is 831. The molecule has 0 aliphatic heterocycles. The number of hydrogen-bond donors (Lipinski definition) is 1. The van der Waals surface area contributed by atoms with Gasteiger partial charge in [0.15, 0.2) is 16.2 Å². The molecule has 0 saturated heterocycles. The first-order valence-electron chi connectivity index (χ1n) is 7.81. The molecule has 1 N–H and O–H groups in total. The van der Waals surface area contributed by atoms with Gasteiger partial charge in [0.25, 0.3) is 0 Å². The lowest BCUT2D eigenvalue weighted by molar-refractivity contribution is 0.354. The zero-order chi connectivity index (χ0) is 17.6. The number of hydrogen-bond acceptors (Lipinski definition) is 6. The number of furan rings is 1. The van der Waals surface area contributed by atoms with Crippen LogP contribution in [0.15, 0.2) is 45.6 Å². The van der Waals surface area contributed by atoms with Gasteiger partial charge in [-0.1, -0.05) is 6.07 Å². The van der Waals surface area contributed by atoms with Crippen molar-refractivity contribution in [3.63, 3.8) is 0 Å². The maximum Gasteiger partial charge on any atom is 0.169 e. The van der Waals surface area contributed by atoms with Crippen LogP contribution in [0.4, 0.5) is 0 Å². The van der Waals surface area contributed by atoms with Gasteiger partial charge in [0.05, 0.1) is 19.1 Å². The molecular formula is C18H19BrN2O3S. The molecule has 1 aromatic carbocycles. The molecule has 0 radical (unpaired) electrons. The van der Waals surface area contributed by atoms with Crippen molar-refractivity contribution in [2.75, 3.05) is 20.8 Å². The standard InChI is InChI=1S/C18H19BrN2O3S/c1-22-13-4-3-12(9-15(13)23-2)7-8-20-11-18-21-10-16(25-18)14-5-6-17(19)24-14/h3-6,9-10,20H,7-8,11H2,1-2H3. The molecule has 0 saturated carbocycles. The summed E-state index contributed by atoms with van der Waals surface area (Å²) in [5.41, 5.74) is 1.20. The largest absolute Gasteiger partial charge is 0.493 e. The smallest absolute Gasteiger partial charge is 0.169 e. The first kappa shape index (κ1) is 18.0. The van der Waals surface area contributed by atoms with E-state index >= 15 is 0 Å². The molecule has 0 fully saturated rings. The van der Waals surface area contributed by atoms with Gasteiger partial charge in [0, 0.05) is 12.7 Å². The van der Waals surface area contributed by atoms with Gasteiger partial charge < -0.3 is 19.2 Å². The number of nitrogens with zero attached hydrogens (tertiary/aromatic N) is 1. The third kappa shape index (κ3) is 4.62. The van der Waals surface area contributed by atoms with Crippen molar-refractivity contribution in [2.24, 2.45) is 0 Å². The highest BCUT2D eigenvalue weighted by atomic mass is 79.9. The number of halogens is 1. The van der Waals surface area contributed by atoms with Crippen molar-refractivity contribution in [1.82, 2.24) is 10.3 Å². The predicted molar refractivity (Wildman–Crippen MR) is 102 cm³/mol. The third-order valence-corrected chi connectivity index (χ3v) is 5.12. The summed E-state index contributed by atoms with van der Waals surface area (Å²) in [5.74, 6) is 2.34. The topological polar surface area (TPSA) is 56.5 Å². The van der Waals surface area contributed by atoms with Crippen LogP contribution >= 0.6 is 27.3 Å². The van der Waals surface area contributed by atoms with Gasteiger partial charge in [-0.2, -0.15) is 0 Å². The molecule has 0 spiro atoms. The molecule has 2 aromatic heterocycles. The third-order valence-electron chi connectivity index (χ3n) is 3.68. The second-order valence-corrected chi connectivity index (χ2v) is 7.23. The minimum atomic E-state index is 0.727. The van der Waals surface area contributed by atoms with Crippen LogP contribution in [0.25, 0.3) is 10.6 Å². The molecule has 2 heterocycles. The lowest BCUT2D eigenvalue weighted by Crippen LogP contribution is -2.16. The van der Waals surface area contributed by atoms with Crippen LogP contribution in [0.3, 0.4) is 0 Å². The van der Waals surface area contributed by atoms with Gasteiger partial charge in [0.2, 0.25) is 0 Å². The maximum absolute atomic E-state index is 5.55. The lowest BCUT2D eigenvalue weighted by Gasteiger charge is -2.09. The Balaban J connectivity index is 1.50. The second kappa shape index (κ2) is 8.51. The van der Waals surface area contributed by atoms with Crippen molar-refractivity contribution < 1.29 is 13.9 Å². The Morgan fingerprint density at radius 1 is 1.16 bits per heavy atom. The lowest BCUT2D eigenvalue weighted by atomic mass is 10.1. The molecule has 0 atom stereocenters. The second-order valence-electron chi connectivity index (χ2n) is 5.34. The highest BCUT2D eigenvalue weighted by Crippen LogP contribution is 2.30. The summed E-state index contributed by atoms with van der Waals surface area (Å²) in [6, 6.07) is 9.82. The Morgan fingerprint density at radius 3 is 2.72 bits per heavy atom. The van der Waals surface area contributed by atoms with Gasteiger partial charge in [-0.3, -0.25) is 0 Å². The van der Waals surface area contributed by atoms with E-state index in [0.717, 1.165) is 51.3 Å². The van der Waals surface area contributed by atoms with E-state index in [1.165, 1.54) is 5.56 Å². The van der Waals surface area contributed by atoms with Crippen LogP contribution < -0.4 is 14.8 Å². The predicted octanol–water partition coefficient (Wildman–Crippen LogP) is 4.52. The number of thiazole rings is 1. The molecule has 0 bridgehead atoms. The molecule has 0 aliphatic rings. The average molecular weight is 423 g/mol. The fraction of sp³-hybridized carbons (Fsp3) is 0.278. The van der Waals surface area contributed by atoms with Gasteiger partial charge in [-0.25, -0.2) is 4.98 Å². The van der Waals surface area contributed by atoms with E-state index in [1.807, 2.05) is 30.5 Å². The van der Waals surface area contributed by atoms with Crippen molar-refractivity contribution in [3.8, 4) is 22.1 Å². The number of nitrogens with one attached hydrogen (secondary N) is 1. The Labute approximate surface area is 159 Å². The molecule has 3 aromatic rings. The van der Waals surface area contributed by atoms with Crippen molar-refractivity contribution >= 4 is 27.3 Å². The van der Waals surface area contributed by atoms with E-state index in [4.69, 9.17) is 13.9 Å². The summed E-state index contributed by atoms with van der Waals surface area (Å²) < 4.78 is 16.9. The molecule has 25 heavy (non-hydrogen) atoms. The Hall–Kier alpha value is -1.83. The molecule has 132 valence electrons. The van der Waals surface area contributed by atoms with E-state index in [1.54, 1.807) is 25.6 Å². The molecule has 0 aliphatic carbocycles. The Kier molecular flexibility index (Phi) is 6.12. The average Bonchev–Trinajstić information content (AvgIpc) is 3.27. The van der Waals surface area contributed by atoms with Crippen LogP contribution in [-0.2, 0) is 13.0 Å². The molecule has 0 amide bonds. The fourth-order valence-electron chi connectivity index (χ4n) is 2.42. The normalized spacial score (nSPS) is 10.8. The molecular weight excluding hydrogens is 404 g/mol. The number of benzene rings is 1. The quantitative estimate of drug-likeness (QED) is 0.540. The maximum atomic E-state index is 5.55. The summed E-state index contributed by atoms with van der Waals surface area (Å²) in [6.07, 6.45) is 2.75. The fourth-order valence-corrected chi connectivity index (χ4v) is 3.57. The summed E-state index contributed by atoms with van der Waals surface area (Å²) >= 11 is 4.95. The summed E-state index contributed by atoms with van der Waals surface area (Å²) in [4.78, 5) is 5.47. The molecule has 5 nitrogen and oxygen atoms in total. The van der Waals surface area contributed by atoms with Crippen LogP contribution in [0.1, 0.15) is 10.6 Å².